The molecule has 1 unspecified atom stereocenters. The molecule has 58 valence electrons. The summed E-state index contributed by atoms with van der Waals surface area (Å²) in [5, 5.41) is 0. The average Bonchev–Trinajstić information content (AvgIpc) is 1.82. The molecule has 0 aromatic heterocycles. The summed E-state index contributed by atoms with van der Waals surface area (Å²) in [7, 11) is 0. The van der Waals surface area contributed by atoms with Gasteiger partial charge in [-0.25, -0.2) is 0 Å². The molecule has 0 aromatic carbocycles. The van der Waals surface area contributed by atoms with Gasteiger partial charge < -0.3 is 11.5 Å². The molecule has 2 nitrogen and oxygen atoms in total. The van der Waals surface area contributed by atoms with Gasteiger partial charge in [-0.05, 0) is 19.8 Å². The van der Waals surface area contributed by atoms with Crippen molar-refractivity contribution in [2.45, 2.75) is 25.8 Å². The molecule has 0 amide bonds. The van der Waals surface area contributed by atoms with Crippen molar-refractivity contribution in [3.8, 4) is 0 Å². The molecule has 2 heteroatoms. The van der Waals surface area contributed by atoms with Crippen molar-refractivity contribution in [3.05, 3.63) is 24.4 Å². The molecule has 0 fully saturated rings. The number of rotatable bonds is 4. The standard InChI is InChI=1S/C8H16N2/c1-6(2)4-5-8(10)7(3)9/h8H,1,3-5,9-10H2,2H3. The van der Waals surface area contributed by atoms with Crippen molar-refractivity contribution in [1.82, 2.24) is 0 Å². The zero-order valence-corrected chi connectivity index (χ0v) is 6.56. The minimum Gasteiger partial charge on any atom is -0.401 e. The van der Waals surface area contributed by atoms with Gasteiger partial charge in [0.1, 0.15) is 0 Å². The molecule has 0 aliphatic rings. The zero-order chi connectivity index (χ0) is 8.15. The Bertz CT molecular complexity index is 138. The van der Waals surface area contributed by atoms with Crippen molar-refractivity contribution >= 4 is 0 Å². The Kier molecular flexibility index (Phi) is 3.81. The van der Waals surface area contributed by atoms with Crippen LogP contribution in [0.3, 0.4) is 0 Å². The number of hydrogen-bond acceptors (Lipinski definition) is 2. The number of allylic oxidation sites excluding steroid dienone is 1. The lowest BCUT2D eigenvalue weighted by atomic mass is 10.1. The van der Waals surface area contributed by atoms with Crippen molar-refractivity contribution in [1.29, 1.82) is 0 Å². The van der Waals surface area contributed by atoms with E-state index >= 15 is 0 Å². The van der Waals surface area contributed by atoms with E-state index in [0.29, 0.717) is 5.70 Å². The summed E-state index contributed by atoms with van der Waals surface area (Å²) in [6, 6.07) is -0.0725. The van der Waals surface area contributed by atoms with Gasteiger partial charge in [-0.2, -0.15) is 0 Å². The first-order valence-electron chi connectivity index (χ1n) is 3.38. The van der Waals surface area contributed by atoms with Gasteiger partial charge in [0.15, 0.2) is 0 Å². The molecule has 0 saturated heterocycles. The van der Waals surface area contributed by atoms with Gasteiger partial charge in [0.25, 0.3) is 0 Å². The van der Waals surface area contributed by atoms with Crippen LogP contribution in [0.25, 0.3) is 0 Å². The molecular weight excluding hydrogens is 124 g/mol. The fourth-order valence-corrected chi connectivity index (χ4v) is 0.587. The molecule has 0 rings (SSSR count). The fraction of sp³-hybridized carbons (Fsp3) is 0.500. The summed E-state index contributed by atoms with van der Waals surface area (Å²) >= 11 is 0. The van der Waals surface area contributed by atoms with Gasteiger partial charge in [-0.3, -0.25) is 0 Å². The van der Waals surface area contributed by atoms with Crippen molar-refractivity contribution in [2.75, 3.05) is 0 Å². The van der Waals surface area contributed by atoms with Crippen LogP contribution in [0.4, 0.5) is 0 Å². The Morgan fingerprint density at radius 3 is 2.30 bits per heavy atom. The second-order valence-corrected chi connectivity index (χ2v) is 2.68. The van der Waals surface area contributed by atoms with Crippen LogP contribution in [0.1, 0.15) is 19.8 Å². The smallest absolute Gasteiger partial charge is 0.0439 e. The van der Waals surface area contributed by atoms with Crippen LogP contribution in [0.2, 0.25) is 0 Å². The number of hydrogen-bond donors (Lipinski definition) is 2. The third-order valence-electron chi connectivity index (χ3n) is 1.36. The third kappa shape index (κ3) is 4.15. The Morgan fingerprint density at radius 1 is 1.50 bits per heavy atom. The van der Waals surface area contributed by atoms with Crippen LogP contribution in [0.5, 0.6) is 0 Å². The molecule has 0 radical (unpaired) electrons. The molecule has 0 aliphatic heterocycles. The maximum atomic E-state index is 5.60. The predicted octanol–water partition coefficient (Wildman–Crippen LogP) is 1.14. The van der Waals surface area contributed by atoms with Gasteiger partial charge in [-0.15, -0.1) is 6.58 Å². The molecule has 0 saturated carbocycles. The maximum absolute atomic E-state index is 5.60. The third-order valence-corrected chi connectivity index (χ3v) is 1.36. The van der Waals surface area contributed by atoms with Crippen LogP contribution < -0.4 is 11.5 Å². The van der Waals surface area contributed by atoms with Gasteiger partial charge in [0.2, 0.25) is 0 Å². The predicted molar refractivity (Wildman–Crippen MR) is 45.4 cm³/mol. The largest absolute Gasteiger partial charge is 0.401 e. The van der Waals surface area contributed by atoms with Gasteiger partial charge in [-0.1, -0.05) is 12.2 Å². The van der Waals surface area contributed by atoms with Gasteiger partial charge in [0, 0.05) is 11.7 Å². The summed E-state index contributed by atoms with van der Waals surface area (Å²) in [4.78, 5) is 0. The van der Waals surface area contributed by atoms with E-state index in [2.05, 4.69) is 13.2 Å². The van der Waals surface area contributed by atoms with Crippen molar-refractivity contribution in [2.24, 2.45) is 11.5 Å². The molecule has 4 N–H and O–H groups in total. The lowest BCUT2D eigenvalue weighted by molar-refractivity contribution is 0.681. The highest BCUT2D eigenvalue weighted by Crippen LogP contribution is 2.04. The van der Waals surface area contributed by atoms with Crippen LogP contribution in [-0.2, 0) is 0 Å². The van der Waals surface area contributed by atoms with E-state index in [4.69, 9.17) is 11.5 Å². The van der Waals surface area contributed by atoms with E-state index in [9.17, 15) is 0 Å². The monoisotopic (exact) mass is 140 g/mol. The number of nitrogens with two attached hydrogens (primary N) is 2. The molecule has 0 aromatic rings. The Hall–Kier alpha value is -0.760. The fourth-order valence-electron chi connectivity index (χ4n) is 0.587. The molecule has 10 heavy (non-hydrogen) atoms. The molecule has 0 aliphatic carbocycles. The summed E-state index contributed by atoms with van der Waals surface area (Å²) in [5.41, 5.74) is 12.7. The first-order valence-corrected chi connectivity index (χ1v) is 3.38. The SMILES string of the molecule is C=C(C)CCC(N)C(=C)N. The van der Waals surface area contributed by atoms with E-state index in [-0.39, 0.29) is 6.04 Å². The summed E-state index contributed by atoms with van der Waals surface area (Å²) in [6.45, 7) is 9.29. The highest BCUT2D eigenvalue weighted by atomic mass is 14.7. The van der Waals surface area contributed by atoms with E-state index in [0.717, 1.165) is 18.4 Å². The Balaban J connectivity index is 3.49. The van der Waals surface area contributed by atoms with Crippen molar-refractivity contribution in [3.63, 3.8) is 0 Å². The molecule has 1 atom stereocenters. The maximum Gasteiger partial charge on any atom is 0.0439 e. The van der Waals surface area contributed by atoms with Gasteiger partial charge in [0.05, 0.1) is 0 Å². The Morgan fingerprint density at radius 2 is 2.00 bits per heavy atom. The van der Waals surface area contributed by atoms with E-state index < -0.39 is 0 Å². The van der Waals surface area contributed by atoms with Crippen molar-refractivity contribution < 1.29 is 0 Å². The molecule has 0 spiro atoms. The summed E-state index contributed by atoms with van der Waals surface area (Å²) < 4.78 is 0. The highest BCUT2D eigenvalue weighted by molar-refractivity contribution is 5.00. The minimum atomic E-state index is -0.0725. The Labute approximate surface area is 62.6 Å². The average molecular weight is 140 g/mol. The van der Waals surface area contributed by atoms with Crippen LogP contribution >= 0.6 is 0 Å². The van der Waals surface area contributed by atoms with E-state index in [1.807, 2.05) is 6.92 Å². The zero-order valence-electron chi connectivity index (χ0n) is 6.56. The highest BCUT2D eigenvalue weighted by Gasteiger charge is 2.01. The minimum absolute atomic E-state index is 0.0725. The normalized spacial score (nSPS) is 12.6. The summed E-state index contributed by atoms with van der Waals surface area (Å²) in [5.74, 6) is 0. The van der Waals surface area contributed by atoms with Crippen LogP contribution in [-0.4, -0.2) is 6.04 Å². The summed E-state index contributed by atoms with van der Waals surface area (Å²) in [6.07, 6.45) is 1.78. The lowest BCUT2D eigenvalue weighted by Crippen LogP contribution is -2.26. The van der Waals surface area contributed by atoms with E-state index in [1.165, 1.54) is 0 Å². The van der Waals surface area contributed by atoms with Crippen LogP contribution in [0.15, 0.2) is 24.4 Å². The quantitative estimate of drug-likeness (QED) is 0.575. The molecule has 0 heterocycles. The first-order chi connectivity index (χ1) is 4.54. The van der Waals surface area contributed by atoms with Gasteiger partial charge >= 0.3 is 0 Å². The topological polar surface area (TPSA) is 52.0 Å². The molecular formula is C8H16N2. The van der Waals surface area contributed by atoms with Crippen LogP contribution in [0, 0.1) is 0 Å². The lowest BCUT2D eigenvalue weighted by Gasteiger charge is -2.09. The molecule has 0 bridgehead atoms. The van der Waals surface area contributed by atoms with E-state index in [1.54, 1.807) is 0 Å². The second-order valence-electron chi connectivity index (χ2n) is 2.68. The second kappa shape index (κ2) is 4.12. The first kappa shape index (κ1) is 9.24.